The fourth-order valence-corrected chi connectivity index (χ4v) is 1.33. The molecule has 1 heterocycles. The van der Waals surface area contributed by atoms with Crippen LogP contribution in [0.3, 0.4) is 0 Å². The Morgan fingerprint density at radius 2 is 1.88 bits per heavy atom. The Morgan fingerprint density at radius 3 is 2.38 bits per heavy atom. The largest absolute Gasteiger partial charge is 0.389 e. The van der Waals surface area contributed by atoms with Gasteiger partial charge in [0.15, 0.2) is 0 Å². The molecule has 2 N–H and O–H groups in total. The highest BCUT2D eigenvalue weighted by Gasteiger charge is 2.25. The van der Waals surface area contributed by atoms with Crippen LogP contribution in [0.4, 0.5) is 0 Å². The van der Waals surface area contributed by atoms with Gasteiger partial charge in [0.2, 0.25) is 0 Å². The lowest BCUT2D eigenvalue weighted by molar-refractivity contribution is 0.0122. The first-order valence-electron chi connectivity index (χ1n) is 5.79. The van der Waals surface area contributed by atoms with E-state index in [1.54, 1.807) is 12.4 Å². The number of nitrogens with one attached hydrogen (secondary N) is 1. The van der Waals surface area contributed by atoms with E-state index in [1.165, 1.54) is 5.56 Å². The van der Waals surface area contributed by atoms with E-state index in [-0.39, 0.29) is 12.0 Å². The van der Waals surface area contributed by atoms with Crippen molar-refractivity contribution >= 4 is 0 Å². The molecule has 0 bridgehead atoms. The summed E-state index contributed by atoms with van der Waals surface area (Å²) in [6.45, 7) is 8.60. The van der Waals surface area contributed by atoms with Crippen LogP contribution >= 0.6 is 0 Å². The number of pyridine rings is 1. The predicted molar refractivity (Wildman–Crippen MR) is 66.1 cm³/mol. The average molecular weight is 222 g/mol. The van der Waals surface area contributed by atoms with Crippen LogP contribution in [0.5, 0.6) is 0 Å². The molecule has 0 saturated carbocycles. The molecule has 0 aliphatic carbocycles. The van der Waals surface area contributed by atoms with Crippen molar-refractivity contribution in [3.05, 3.63) is 30.1 Å². The molecule has 1 aromatic heterocycles. The molecule has 1 aromatic rings. The average Bonchev–Trinajstić information content (AvgIpc) is 2.27. The Bertz CT molecular complexity index is 309. The lowest BCUT2D eigenvalue weighted by Gasteiger charge is -2.29. The highest BCUT2D eigenvalue weighted by atomic mass is 16.3. The van der Waals surface area contributed by atoms with Crippen molar-refractivity contribution in [2.24, 2.45) is 5.92 Å². The van der Waals surface area contributed by atoms with Gasteiger partial charge >= 0.3 is 0 Å². The van der Waals surface area contributed by atoms with Crippen molar-refractivity contribution in [1.82, 2.24) is 10.3 Å². The zero-order valence-corrected chi connectivity index (χ0v) is 10.6. The van der Waals surface area contributed by atoms with Crippen LogP contribution in [0.1, 0.15) is 39.3 Å². The number of hydrogen-bond donors (Lipinski definition) is 2. The zero-order valence-electron chi connectivity index (χ0n) is 10.6. The van der Waals surface area contributed by atoms with E-state index in [2.05, 4.69) is 17.2 Å². The van der Waals surface area contributed by atoms with E-state index in [0.717, 1.165) is 0 Å². The third kappa shape index (κ3) is 3.58. The first kappa shape index (κ1) is 13.1. The Kier molecular flexibility index (Phi) is 4.44. The summed E-state index contributed by atoms with van der Waals surface area (Å²) < 4.78 is 0. The molecule has 0 fully saturated rings. The molecule has 2 unspecified atom stereocenters. The van der Waals surface area contributed by atoms with E-state index in [9.17, 15) is 5.11 Å². The molecule has 16 heavy (non-hydrogen) atoms. The minimum atomic E-state index is -0.665. The van der Waals surface area contributed by atoms with Gasteiger partial charge in [-0.1, -0.05) is 13.8 Å². The van der Waals surface area contributed by atoms with Crippen molar-refractivity contribution < 1.29 is 5.11 Å². The lowest BCUT2D eigenvalue weighted by atomic mass is 9.92. The summed E-state index contributed by atoms with van der Waals surface area (Å²) in [6, 6.07) is 4.21. The van der Waals surface area contributed by atoms with E-state index in [0.29, 0.717) is 6.54 Å². The molecule has 2 atom stereocenters. The van der Waals surface area contributed by atoms with Crippen molar-refractivity contribution in [2.75, 3.05) is 6.54 Å². The van der Waals surface area contributed by atoms with Gasteiger partial charge < -0.3 is 10.4 Å². The second kappa shape index (κ2) is 5.41. The first-order chi connectivity index (χ1) is 7.43. The summed E-state index contributed by atoms with van der Waals surface area (Å²) in [7, 11) is 0. The van der Waals surface area contributed by atoms with Gasteiger partial charge in [0, 0.05) is 25.0 Å². The monoisotopic (exact) mass is 222 g/mol. The first-order valence-corrected chi connectivity index (χ1v) is 5.79. The SMILES string of the molecule is CC(NCC(C)(O)C(C)C)c1ccncc1. The topological polar surface area (TPSA) is 45.1 Å². The molecule has 90 valence electrons. The molecule has 0 aliphatic rings. The number of hydrogen-bond acceptors (Lipinski definition) is 3. The van der Waals surface area contributed by atoms with Gasteiger partial charge in [-0.15, -0.1) is 0 Å². The van der Waals surface area contributed by atoms with Gasteiger partial charge in [0.05, 0.1) is 5.60 Å². The third-order valence-electron chi connectivity index (χ3n) is 3.22. The minimum Gasteiger partial charge on any atom is -0.389 e. The van der Waals surface area contributed by atoms with Crippen LogP contribution in [0.25, 0.3) is 0 Å². The molecule has 0 saturated heterocycles. The maximum absolute atomic E-state index is 10.1. The highest BCUT2D eigenvalue weighted by molar-refractivity contribution is 5.14. The number of rotatable bonds is 5. The second-order valence-corrected chi connectivity index (χ2v) is 4.90. The van der Waals surface area contributed by atoms with Crippen molar-refractivity contribution in [2.45, 2.75) is 39.3 Å². The molecule has 3 nitrogen and oxygen atoms in total. The fourth-order valence-electron chi connectivity index (χ4n) is 1.33. The summed E-state index contributed by atoms with van der Waals surface area (Å²) >= 11 is 0. The Labute approximate surface area is 97.9 Å². The predicted octanol–water partition coefficient (Wildman–Crippen LogP) is 2.14. The highest BCUT2D eigenvalue weighted by Crippen LogP contribution is 2.17. The molecular weight excluding hydrogens is 200 g/mol. The number of aromatic nitrogens is 1. The molecule has 0 aromatic carbocycles. The molecule has 3 heteroatoms. The van der Waals surface area contributed by atoms with Crippen molar-refractivity contribution in [1.29, 1.82) is 0 Å². The van der Waals surface area contributed by atoms with Gasteiger partial charge in [0.1, 0.15) is 0 Å². The minimum absolute atomic E-state index is 0.230. The normalized spacial score (nSPS) is 17.1. The van der Waals surface area contributed by atoms with Crippen LogP contribution < -0.4 is 5.32 Å². The van der Waals surface area contributed by atoms with E-state index in [4.69, 9.17) is 0 Å². The van der Waals surface area contributed by atoms with Crippen LogP contribution in [-0.4, -0.2) is 22.2 Å². The smallest absolute Gasteiger partial charge is 0.0766 e. The second-order valence-electron chi connectivity index (χ2n) is 4.90. The van der Waals surface area contributed by atoms with Gasteiger partial charge in [-0.2, -0.15) is 0 Å². The number of aliphatic hydroxyl groups is 1. The molecule has 0 amide bonds. The summed E-state index contributed by atoms with van der Waals surface area (Å²) in [4.78, 5) is 3.99. The zero-order chi connectivity index (χ0) is 12.2. The number of nitrogens with zero attached hydrogens (tertiary/aromatic N) is 1. The van der Waals surface area contributed by atoms with Gasteiger partial charge in [-0.3, -0.25) is 4.98 Å². The summed E-state index contributed by atoms with van der Waals surface area (Å²) in [5.74, 6) is 0.240. The molecular formula is C13H22N2O. The van der Waals surface area contributed by atoms with Gasteiger partial charge in [-0.25, -0.2) is 0 Å². The summed E-state index contributed by atoms with van der Waals surface area (Å²) in [5.41, 5.74) is 0.524. The quantitative estimate of drug-likeness (QED) is 0.802. The van der Waals surface area contributed by atoms with Crippen molar-refractivity contribution in [3.63, 3.8) is 0 Å². The molecule has 1 rings (SSSR count). The molecule has 0 aliphatic heterocycles. The Balaban J connectivity index is 2.51. The molecule has 0 spiro atoms. The van der Waals surface area contributed by atoms with E-state index >= 15 is 0 Å². The Hall–Kier alpha value is -0.930. The van der Waals surface area contributed by atoms with Crippen LogP contribution in [0.2, 0.25) is 0 Å². The maximum Gasteiger partial charge on any atom is 0.0766 e. The fraction of sp³-hybridized carbons (Fsp3) is 0.615. The summed E-state index contributed by atoms with van der Waals surface area (Å²) in [5, 5.41) is 13.5. The third-order valence-corrected chi connectivity index (χ3v) is 3.22. The summed E-state index contributed by atoms with van der Waals surface area (Å²) in [6.07, 6.45) is 3.57. The van der Waals surface area contributed by atoms with E-state index in [1.807, 2.05) is 32.9 Å². The van der Waals surface area contributed by atoms with Gasteiger partial charge in [-0.05, 0) is 37.5 Å². The van der Waals surface area contributed by atoms with E-state index < -0.39 is 5.60 Å². The maximum atomic E-state index is 10.1. The molecule has 0 radical (unpaired) electrons. The van der Waals surface area contributed by atoms with Gasteiger partial charge in [0.25, 0.3) is 0 Å². The Morgan fingerprint density at radius 1 is 1.31 bits per heavy atom. The van der Waals surface area contributed by atoms with Crippen LogP contribution in [-0.2, 0) is 0 Å². The van der Waals surface area contributed by atoms with Crippen LogP contribution in [0, 0.1) is 5.92 Å². The lowest BCUT2D eigenvalue weighted by Crippen LogP contribution is -2.42. The standard InChI is InChI=1S/C13H22N2O/c1-10(2)13(4,16)9-15-11(3)12-5-7-14-8-6-12/h5-8,10-11,15-16H,9H2,1-4H3. The van der Waals surface area contributed by atoms with Crippen LogP contribution in [0.15, 0.2) is 24.5 Å². The van der Waals surface area contributed by atoms with Crippen molar-refractivity contribution in [3.8, 4) is 0 Å².